The maximum Gasteiger partial charge on any atom is 0.346 e. The molecule has 0 spiro atoms. The molecule has 1 aliphatic carbocycles. The Bertz CT molecular complexity index is 635. The van der Waals surface area contributed by atoms with E-state index in [2.05, 4.69) is 5.10 Å². The van der Waals surface area contributed by atoms with Crippen molar-refractivity contribution >= 4 is 5.82 Å². The van der Waals surface area contributed by atoms with Gasteiger partial charge in [-0.2, -0.15) is 0 Å². The second-order valence-electron chi connectivity index (χ2n) is 6.02. The molecule has 20 heavy (non-hydrogen) atoms. The molecular formula is C13H21N5O2. The third-order valence-corrected chi connectivity index (χ3v) is 4.76. The number of hydrogen-bond donors (Lipinski definition) is 1. The fraction of sp³-hybridized carbons (Fsp3) is 0.769. The monoisotopic (exact) mass is 279 g/mol. The van der Waals surface area contributed by atoms with Crippen LogP contribution in [-0.4, -0.2) is 33.5 Å². The van der Waals surface area contributed by atoms with Crippen LogP contribution < -0.4 is 21.9 Å². The quantitative estimate of drug-likeness (QED) is 0.716. The fourth-order valence-electron chi connectivity index (χ4n) is 3.57. The highest BCUT2D eigenvalue weighted by Crippen LogP contribution is 2.36. The summed E-state index contributed by atoms with van der Waals surface area (Å²) in [6.07, 6.45) is 3.39. The van der Waals surface area contributed by atoms with Gasteiger partial charge in [0.25, 0.3) is 5.56 Å². The number of fused-ring (bicyclic) bond motifs is 1. The van der Waals surface area contributed by atoms with Gasteiger partial charge in [-0.15, -0.1) is 5.10 Å². The van der Waals surface area contributed by atoms with Crippen molar-refractivity contribution in [2.45, 2.75) is 25.3 Å². The van der Waals surface area contributed by atoms with Crippen molar-refractivity contribution in [2.24, 2.45) is 31.7 Å². The zero-order chi connectivity index (χ0) is 14.4. The van der Waals surface area contributed by atoms with E-state index in [4.69, 9.17) is 5.73 Å². The van der Waals surface area contributed by atoms with E-state index < -0.39 is 5.69 Å². The molecule has 2 aliphatic rings. The number of nitrogens with zero attached hydrogens (tertiary/aromatic N) is 4. The molecule has 3 unspecified atom stereocenters. The Kier molecular flexibility index (Phi) is 3.16. The highest BCUT2D eigenvalue weighted by atomic mass is 16.2. The fourth-order valence-corrected chi connectivity index (χ4v) is 3.57. The molecule has 1 saturated carbocycles. The molecule has 2 fully saturated rings. The second kappa shape index (κ2) is 4.73. The van der Waals surface area contributed by atoms with Gasteiger partial charge >= 0.3 is 5.69 Å². The molecular weight excluding hydrogens is 258 g/mol. The van der Waals surface area contributed by atoms with E-state index in [0.29, 0.717) is 17.7 Å². The second-order valence-corrected chi connectivity index (χ2v) is 6.02. The molecule has 1 saturated heterocycles. The van der Waals surface area contributed by atoms with Gasteiger partial charge < -0.3 is 10.6 Å². The summed E-state index contributed by atoms with van der Waals surface area (Å²) in [5.41, 5.74) is 5.48. The minimum atomic E-state index is -0.396. The molecule has 0 bridgehead atoms. The predicted octanol–water partition coefficient (Wildman–Crippen LogP) is -0.957. The van der Waals surface area contributed by atoms with Crippen molar-refractivity contribution < 1.29 is 0 Å². The lowest BCUT2D eigenvalue weighted by molar-refractivity contribution is 0.260. The molecule has 2 heterocycles. The lowest BCUT2D eigenvalue weighted by Crippen LogP contribution is -2.43. The Labute approximate surface area is 117 Å². The van der Waals surface area contributed by atoms with Crippen LogP contribution in [0.25, 0.3) is 0 Å². The highest BCUT2D eigenvalue weighted by molar-refractivity contribution is 5.37. The molecule has 0 amide bonds. The van der Waals surface area contributed by atoms with Crippen molar-refractivity contribution in [1.82, 2.24) is 14.3 Å². The highest BCUT2D eigenvalue weighted by Gasteiger charge is 2.40. The van der Waals surface area contributed by atoms with Gasteiger partial charge in [0.15, 0.2) is 0 Å². The van der Waals surface area contributed by atoms with Gasteiger partial charge in [0.05, 0.1) is 0 Å². The third kappa shape index (κ3) is 1.96. The lowest BCUT2D eigenvalue weighted by Gasteiger charge is -2.29. The smallest absolute Gasteiger partial charge is 0.346 e. The summed E-state index contributed by atoms with van der Waals surface area (Å²) in [5, 5.41) is 4.15. The van der Waals surface area contributed by atoms with Crippen LogP contribution in [0.5, 0.6) is 0 Å². The average molecular weight is 279 g/mol. The Balaban J connectivity index is 1.96. The minimum Gasteiger partial charge on any atom is -0.350 e. The van der Waals surface area contributed by atoms with Crippen LogP contribution in [0.15, 0.2) is 9.59 Å². The number of aryl methyl sites for hydroxylation is 1. The predicted molar refractivity (Wildman–Crippen MR) is 75.7 cm³/mol. The van der Waals surface area contributed by atoms with E-state index in [1.165, 1.54) is 18.2 Å². The van der Waals surface area contributed by atoms with Crippen LogP contribution in [0.2, 0.25) is 0 Å². The summed E-state index contributed by atoms with van der Waals surface area (Å²) in [7, 11) is 3.06. The first kappa shape index (κ1) is 13.4. The Morgan fingerprint density at radius 2 is 1.95 bits per heavy atom. The first-order valence-electron chi connectivity index (χ1n) is 7.14. The third-order valence-electron chi connectivity index (χ3n) is 4.76. The SMILES string of the molecule is Cn1nc(N2CC3CCCC(N)C3C2)c(=O)n(C)c1=O. The first-order chi connectivity index (χ1) is 9.49. The molecule has 0 aromatic carbocycles. The number of aromatic nitrogens is 3. The van der Waals surface area contributed by atoms with Crippen molar-refractivity contribution in [3.05, 3.63) is 20.8 Å². The van der Waals surface area contributed by atoms with Gasteiger partial charge in [-0.25, -0.2) is 9.48 Å². The maximum atomic E-state index is 12.2. The van der Waals surface area contributed by atoms with Crippen LogP contribution in [-0.2, 0) is 14.1 Å². The number of nitrogens with two attached hydrogens (primary N) is 1. The van der Waals surface area contributed by atoms with Crippen LogP contribution >= 0.6 is 0 Å². The minimum absolute atomic E-state index is 0.218. The van der Waals surface area contributed by atoms with Crippen LogP contribution in [0.3, 0.4) is 0 Å². The van der Waals surface area contributed by atoms with E-state index in [0.717, 1.165) is 30.5 Å². The van der Waals surface area contributed by atoms with Gasteiger partial charge in [-0.3, -0.25) is 9.36 Å². The molecule has 1 aromatic heterocycles. The van der Waals surface area contributed by atoms with Gasteiger partial charge in [0.2, 0.25) is 5.82 Å². The van der Waals surface area contributed by atoms with Gasteiger partial charge in [-0.1, -0.05) is 6.42 Å². The van der Waals surface area contributed by atoms with E-state index in [-0.39, 0.29) is 11.6 Å². The summed E-state index contributed by atoms with van der Waals surface area (Å²) in [6.45, 7) is 1.59. The largest absolute Gasteiger partial charge is 0.350 e. The molecule has 7 heteroatoms. The van der Waals surface area contributed by atoms with Gasteiger partial charge in [0, 0.05) is 33.2 Å². The number of rotatable bonds is 1. The molecule has 3 rings (SSSR count). The van der Waals surface area contributed by atoms with Crippen LogP contribution in [0.1, 0.15) is 19.3 Å². The summed E-state index contributed by atoms with van der Waals surface area (Å²) in [5.74, 6) is 1.35. The Hall–Kier alpha value is -1.63. The van der Waals surface area contributed by atoms with Crippen molar-refractivity contribution in [1.29, 1.82) is 0 Å². The van der Waals surface area contributed by atoms with E-state index >= 15 is 0 Å². The van der Waals surface area contributed by atoms with Gasteiger partial charge in [-0.05, 0) is 24.7 Å². The van der Waals surface area contributed by atoms with Crippen LogP contribution in [0.4, 0.5) is 5.82 Å². The standard InChI is InChI=1S/C13H21N5O2/c1-16-12(19)11(15-17(2)13(16)20)18-6-8-4-3-5-10(14)9(8)7-18/h8-10H,3-7,14H2,1-2H3. The molecule has 1 aromatic rings. The normalized spacial score (nSPS) is 29.6. The van der Waals surface area contributed by atoms with Crippen molar-refractivity contribution in [2.75, 3.05) is 18.0 Å². The molecule has 1 aliphatic heterocycles. The Morgan fingerprint density at radius 1 is 1.20 bits per heavy atom. The van der Waals surface area contributed by atoms with Gasteiger partial charge in [0.1, 0.15) is 0 Å². The zero-order valence-corrected chi connectivity index (χ0v) is 12.0. The lowest BCUT2D eigenvalue weighted by atomic mass is 9.78. The van der Waals surface area contributed by atoms with Crippen molar-refractivity contribution in [3.8, 4) is 0 Å². The summed E-state index contributed by atoms with van der Waals surface area (Å²) in [6, 6.07) is 0.218. The summed E-state index contributed by atoms with van der Waals surface area (Å²) in [4.78, 5) is 25.9. The number of anilines is 1. The zero-order valence-electron chi connectivity index (χ0n) is 12.0. The Morgan fingerprint density at radius 3 is 2.65 bits per heavy atom. The number of hydrogen-bond acceptors (Lipinski definition) is 5. The van der Waals surface area contributed by atoms with E-state index in [9.17, 15) is 9.59 Å². The molecule has 2 N–H and O–H groups in total. The molecule has 7 nitrogen and oxygen atoms in total. The summed E-state index contributed by atoms with van der Waals surface area (Å²) < 4.78 is 2.34. The first-order valence-corrected chi connectivity index (χ1v) is 7.14. The molecule has 3 atom stereocenters. The van der Waals surface area contributed by atoms with Crippen molar-refractivity contribution in [3.63, 3.8) is 0 Å². The topological polar surface area (TPSA) is 86.2 Å². The average Bonchev–Trinajstić information content (AvgIpc) is 2.86. The summed E-state index contributed by atoms with van der Waals surface area (Å²) >= 11 is 0. The van der Waals surface area contributed by atoms with E-state index in [1.807, 2.05) is 4.90 Å². The maximum absolute atomic E-state index is 12.2. The molecule has 110 valence electrons. The van der Waals surface area contributed by atoms with E-state index in [1.54, 1.807) is 7.05 Å². The molecule has 0 radical (unpaired) electrons. The van der Waals surface area contributed by atoms with Crippen LogP contribution in [0, 0.1) is 11.8 Å².